The van der Waals surface area contributed by atoms with Crippen LogP contribution in [-0.4, -0.2) is 29.6 Å². The quantitative estimate of drug-likeness (QED) is 0.831. The first-order valence-electron chi connectivity index (χ1n) is 7.62. The highest BCUT2D eigenvalue weighted by Gasteiger charge is 2.14. The molecule has 4 nitrogen and oxygen atoms in total. The predicted molar refractivity (Wildman–Crippen MR) is 86.2 cm³/mol. The molecule has 1 aromatic heterocycles. The molecule has 1 aromatic rings. The molecular formula is C16H30N4. The lowest BCUT2D eigenvalue weighted by molar-refractivity contribution is 0.545. The van der Waals surface area contributed by atoms with Crippen molar-refractivity contribution >= 4 is 5.69 Å². The molecule has 0 atom stereocenters. The monoisotopic (exact) mass is 278 g/mol. The zero-order chi connectivity index (χ0) is 15.3. The second kappa shape index (κ2) is 7.58. The summed E-state index contributed by atoms with van der Waals surface area (Å²) in [4.78, 5) is 11.5. The van der Waals surface area contributed by atoms with Crippen molar-refractivity contribution in [1.29, 1.82) is 0 Å². The molecule has 114 valence electrons. The number of anilines is 1. The zero-order valence-electron chi connectivity index (χ0n) is 14.1. The van der Waals surface area contributed by atoms with Crippen LogP contribution in [0, 0.1) is 5.92 Å². The second-order valence-electron chi connectivity index (χ2n) is 6.44. The Bertz CT molecular complexity index is 413. The van der Waals surface area contributed by atoms with Gasteiger partial charge in [-0.3, -0.25) is 0 Å². The van der Waals surface area contributed by atoms with E-state index >= 15 is 0 Å². The van der Waals surface area contributed by atoms with Crippen LogP contribution in [-0.2, 0) is 6.54 Å². The number of aromatic nitrogens is 2. The van der Waals surface area contributed by atoms with Gasteiger partial charge < -0.3 is 10.2 Å². The van der Waals surface area contributed by atoms with Crippen LogP contribution in [0.15, 0.2) is 6.20 Å². The molecule has 0 unspecified atom stereocenters. The summed E-state index contributed by atoms with van der Waals surface area (Å²) in [6, 6.07) is 0.437. The molecule has 0 spiro atoms. The first-order chi connectivity index (χ1) is 9.32. The van der Waals surface area contributed by atoms with Crippen LogP contribution < -0.4 is 10.2 Å². The maximum Gasteiger partial charge on any atom is 0.131 e. The third-order valence-electron chi connectivity index (χ3n) is 3.38. The average Bonchev–Trinajstić information content (AvgIpc) is 2.37. The van der Waals surface area contributed by atoms with E-state index in [0.717, 1.165) is 30.3 Å². The summed E-state index contributed by atoms with van der Waals surface area (Å²) in [5.74, 6) is 1.93. The Labute approximate surface area is 124 Å². The highest BCUT2D eigenvalue weighted by Crippen LogP contribution is 2.21. The standard InChI is InChI=1S/C16H30N4/c1-11(2)8-17-9-14-15(20(7)13(5)6)10-18-16(19-14)12(3)4/h10-13,17H,8-9H2,1-7H3. The van der Waals surface area contributed by atoms with Crippen LogP contribution in [0.25, 0.3) is 0 Å². The summed E-state index contributed by atoms with van der Waals surface area (Å²) in [5.41, 5.74) is 2.22. The van der Waals surface area contributed by atoms with E-state index in [2.05, 4.69) is 63.8 Å². The average molecular weight is 278 g/mol. The molecule has 1 heterocycles. The maximum absolute atomic E-state index is 4.76. The summed E-state index contributed by atoms with van der Waals surface area (Å²) < 4.78 is 0. The third-order valence-corrected chi connectivity index (χ3v) is 3.38. The van der Waals surface area contributed by atoms with Crippen LogP contribution in [0.4, 0.5) is 5.69 Å². The molecule has 0 fully saturated rings. The van der Waals surface area contributed by atoms with Gasteiger partial charge in [-0.1, -0.05) is 27.7 Å². The van der Waals surface area contributed by atoms with Gasteiger partial charge in [-0.2, -0.15) is 0 Å². The van der Waals surface area contributed by atoms with E-state index < -0.39 is 0 Å². The van der Waals surface area contributed by atoms with E-state index in [0.29, 0.717) is 17.9 Å². The van der Waals surface area contributed by atoms with Gasteiger partial charge in [-0.25, -0.2) is 9.97 Å². The fourth-order valence-electron chi connectivity index (χ4n) is 1.89. The Morgan fingerprint density at radius 1 is 1.15 bits per heavy atom. The molecule has 4 heteroatoms. The van der Waals surface area contributed by atoms with Gasteiger partial charge >= 0.3 is 0 Å². The summed E-state index contributed by atoms with van der Waals surface area (Å²) >= 11 is 0. The fourth-order valence-corrected chi connectivity index (χ4v) is 1.89. The molecule has 0 amide bonds. The Kier molecular flexibility index (Phi) is 6.40. The Balaban J connectivity index is 2.97. The minimum atomic E-state index is 0.359. The molecule has 0 aliphatic rings. The summed E-state index contributed by atoms with van der Waals surface area (Å²) in [6.45, 7) is 14.9. The van der Waals surface area contributed by atoms with Crippen molar-refractivity contribution in [3.63, 3.8) is 0 Å². The first kappa shape index (κ1) is 16.9. The Morgan fingerprint density at radius 3 is 2.30 bits per heavy atom. The van der Waals surface area contributed by atoms with Crippen molar-refractivity contribution in [2.45, 2.75) is 60.0 Å². The van der Waals surface area contributed by atoms with E-state index in [-0.39, 0.29) is 0 Å². The lowest BCUT2D eigenvalue weighted by atomic mass is 10.2. The minimum Gasteiger partial charge on any atom is -0.369 e. The topological polar surface area (TPSA) is 41.1 Å². The lowest BCUT2D eigenvalue weighted by Crippen LogP contribution is -2.29. The van der Waals surface area contributed by atoms with Gasteiger partial charge in [0.05, 0.1) is 17.6 Å². The fraction of sp³-hybridized carbons (Fsp3) is 0.750. The summed E-state index contributed by atoms with van der Waals surface area (Å²) in [5, 5.41) is 3.48. The minimum absolute atomic E-state index is 0.359. The van der Waals surface area contributed by atoms with Crippen molar-refractivity contribution in [3.05, 3.63) is 17.7 Å². The third kappa shape index (κ3) is 4.75. The second-order valence-corrected chi connectivity index (χ2v) is 6.44. The van der Waals surface area contributed by atoms with E-state index in [1.54, 1.807) is 0 Å². The molecule has 20 heavy (non-hydrogen) atoms. The summed E-state index contributed by atoms with van der Waals surface area (Å²) in [7, 11) is 2.10. The maximum atomic E-state index is 4.76. The van der Waals surface area contributed by atoms with Crippen LogP contribution in [0.1, 0.15) is 59.0 Å². The number of nitrogens with one attached hydrogen (secondary N) is 1. The highest BCUT2D eigenvalue weighted by molar-refractivity contribution is 5.49. The van der Waals surface area contributed by atoms with E-state index in [1.165, 1.54) is 0 Å². The van der Waals surface area contributed by atoms with Gasteiger partial charge in [0.1, 0.15) is 5.82 Å². The normalized spacial score (nSPS) is 11.7. The lowest BCUT2D eigenvalue weighted by Gasteiger charge is -2.26. The van der Waals surface area contributed by atoms with Crippen molar-refractivity contribution in [2.75, 3.05) is 18.5 Å². The number of rotatable bonds is 7. The van der Waals surface area contributed by atoms with E-state index in [1.807, 2.05) is 6.20 Å². The molecular weight excluding hydrogens is 248 g/mol. The van der Waals surface area contributed by atoms with Gasteiger partial charge in [-0.05, 0) is 26.3 Å². The molecule has 0 saturated carbocycles. The Morgan fingerprint density at radius 2 is 1.80 bits per heavy atom. The van der Waals surface area contributed by atoms with Crippen molar-refractivity contribution in [3.8, 4) is 0 Å². The van der Waals surface area contributed by atoms with E-state index in [4.69, 9.17) is 4.98 Å². The van der Waals surface area contributed by atoms with Gasteiger partial charge in [0.2, 0.25) is 0 Å². The van der Waals surface area contributed by atoms with Crippen molar-refractivity contribution in [2.24, 2.45) is 5.92 Å². The van der Waals surface area contributed by atoms with Crippen LogP contribution in [0.5, 0.6) is 0 Å². The molecule has 1 rings (SSSR count). The largest absolute Gasteiger partial charge is 0.369 e. The molecule has 0 aromatic carbocycles. The molecule has 0 saturated heterocycles. The van der Waals surface area contributed by atoms with Gasteiger partial charge in [0.15, 0.2) is 0 Å². The number of hydrogen-bond acceptors (Lipinski definition) is 4. The SMILES string of the molecule is CC(C)CNCc1nc(C(C)C)ncc1N(C)C(C)C. The molecule has 0 bridgehead atoms. The molecule has 1 N–H and O–H groups in total. The van der Waals surface area contributed by atoms with Crippen molar-refractivity contribution < 1.29 is 0 Å². The van der Waals surface area contributed by atoms with Gasteiger partial charge in [0.25, 0.3) is 0 Å². The molecule has 0 radical (unpaired) electrons. The number of hydrogen-bond donors (Lipinski definition) is 1. The van der Waals surface area contributed by atoms with Crippen LogP contribution >= 0.6 is 0 Å². The van der Waals surface area contributed by atoms with E-state index in [9.17, 15) is 0 Å². The summed E-state index contributed by atoms with van der Waals surface area (Å²) in [6.07, 6.45) is 1.97. The zero-order valence-corrected chi connectivity index (χ0v) is 14.1. The molecule has 0 aliphatic carbocycles. The van der Waals surface area contributed by atoms with Gasteiger partial charge in [-0.15, -0.1) is 0 Å². The number of nitrogens with zero attached hydrogens (tertiary/aromatic N) is 3. The predicted octanol–water partition coefficient (Wildman–Crippen LogP) is 3.19. The smallest absolute Gasteiger partial charge is 0.131 e. The Hall–Kier alpha value is -1.16. The highest BCUT2D eigenvalue weighted by atomic mass is 15.2. The first-order valence-corrected chi connectivity index (χ1v) is 7.62. The van der Waals surface area contributed by atoms with Crippen LogP contribution in [0.2, 0.25) is 0 Å². The van der Waals surface area contributed by atoms with Gasteiger partial charge in [0, 0.05) is 25.6 Å². The van der Waals surface area contributed by atoms with Crippen LogP contribution in [0.3, 0.4) is 0 Å². The molecule has 0 aliphatic heterocycles. The van der Waals surface area contributed by atoms with Crippen molar-refractivity contribution in [1.82, 2.24) is 15.3 Å².